The van der Waals surface area contributed by atoms with Gasteiger partial charge in [0.25, 0.3) is 11.8 Å². The van der Waals surface area contributed by atoms with Crippen molar-refractivity contribution in [3.8, 4) is 5.75 Å². The van der Waals surface area contributed by atoms with Gasteiger partial charge >= 0.3 is 5.97 Å². The number of nitrogens with zero attached hydrogens (tertiary/aromatic N) is 5. The van der Waals surface area contributed by atoms with Crippen LogP contribution in [0.5, 0.6) is 5.75 Å². The Labute approximate surface area is 245 Å². The molecule has 4 heterocycles. The Morgan fingerprint density at radius 2 is 1.98 bits per heavy atom. The number of aromatic amines is 1. The van der Waals surface area contributed by atoms with Gasteiger partial charge in [-0.05, 0) is 40.6 Å². The van der Waals surface area contributed by atoms with Crippen LogP contribution >= 0.6 is 23.5 Å². The molecular weight excluding hydrogens is 588 g/mol. The van der Waals surface area contributed by atoms with Crippen molar-refractivity contribution < 1.29 is 29.4 Å². The van der Waals surface area contributed by atoms with E-state index in [1.165, 1.54) is 64.7 Å². The first-order valence-corrected chi connectivity index (χ1v) is 14.4. The van der Waals surface area contributed by atoms with E-state index in [0.717, 1.165) is 4.90 Å². The molecule has 1 aromatic carbocycles. The van der Waals surface area contributed by atoms with E-state index in [4.69, 9.17) is 0 Å². The number of aromatic nitrogens is 5. The predicted octanol–water partition coefficient (Wildman–Crippen LogP) is -0.0856. The first-order valence-electron chi connectivity index (χ1n) is 12.4. The molecule has 3 aromatic rings. The Kier molecular flexibility index (Phi) is 8.04. The molecule has 3 amide bonds. The summed E-state index contributed by atoms with van der Waals surface area (Å²) < 4.78 is 1.45. The van der Waals surface area contributed by atoms with Gasteiger partial charge in [0.05, 0.1) is 0 Å². The van der Waals surface area contributed by atoms with E-state index in [1.807, 2.05) is 0 Å². The van der Waals surface area contributed by atoms with Crippen molar-refractivity contribution in [2.45, 2.75) is 29.5 Å². The summed E-state index contributed by atoms with van der Waals surface area (Å²) in [4.78, 5) is 68.1. The number of aryl methyl sites for hydroxylation is 2. The van der Waals surface area contributed by atoms with Crippen molar-refractivity contribution in [2.24, 2.45) is 7.05 Å². The molecule has 1 saturated heterocycles. The van der Waals surface area contributed by atoms with Gasteiger partial charge in [0.1, 0.15) is 34.5 Å². The molecule has 0 saturated carbocycles. The summed E-state index contributed by atoms with van der Waals surface area (Å²) >= 11 is 2.52. The Morgan fingerprint density at radius 3 is 2.62 bits per heavy atom. The van der Waals surface area contributed by atoms with Gasteiger partial charge in [-0.15, -0.1) is 16.9 Å². The topological polar surface area (TPSA) is 212 Å². The monoisotopic (exact) mass is 612 g/mol. The molecule has 5 N–H and O–H groups in total. The molecule has 2 aliphatic heterocycles. The van der Waals surface area contributed by atoms with Gasteiger partial charge < -0.3 is 25.8 Å². The summed E-state index contributed by atoms with van der Waals surface area (Å²) in [6.07, 6.45) is 1.24. The molecule has 17 heteroatoms. The second-order valence-corrected chi connectivity index (χ2v) is 11.5. The summed E-state index contributed by atoms with van der Waals surface area (Å²) in [6, 6.07) is 4.35. The van der Waals surface area contributed by atoms with Crippen molar-refractivity contribution in [1.29, 1.82) is 0 Å². The molecule has 1 unspecified atom stereocenters. The van der Waals surface area contributed by atoms with E-state index in [0.29, 0.717) is 16.4 Å². The highest BCUT2D eigenvalue weighted by molar-refractivity contribution is 8.01. The van der Waals surface area contributed by atoms with Crippen LogP contribution in [-0.4, -0.2) is 86.9 Å². The number of β-lactam (4-membered cyclic amide) rings is 1. The van der Waals surface area contributed by atoms with Crippen LogP contribution in [0, 0.1) is 6.92 Å². The van der Waals surface area contributed by atoms with Crippen molar-refractivity contribution in [3.63, 3.8) is 0 Å². The standard InChI is InChI=1S/C25H24N8O7S2/c1-11-7-16(35)15(8-26-11)20(36)27-17(12-3-5-14(34)6-4-12)21(37)28-18-22(38)33-19(24(39)40)13(9-41-23(18)33)10-42-25-29-30-31-32(25)2/h3-8,17-18,23,34H,9-10H2,1-2H3,(H,26,35)(H,27,36)(H,28,37)(H,39,40)/t17-,18-,23?/m1/s1. The van der Waals surface area contributed by atoms with Gasteiger partial charge in [-0.25, -0.2) is 9.48 Å². The zero-order valence-corrected chi connectivity index (χ0v) is 23.7. The fraction of sp³-hybridized carbons (Fsp3) is 0.280. The lowest BCUT2D eigenvalue weighted by Gasteiger charge is -2.49. The van der Waals surface area contributed by atoms with Crippen LogP contribution in [0.4, 0.5) is 0 Å². The van der Waals surface area contributed by atoms with Gasteiger partial charge in [-0.1, -0.05) is 23.9 Å². The summed E-state index contributed by atoms with van der Waals surface area (Å²) in [5, 5.41) is 35.8. The summed E-state index contributed by atoms with van der Waals surface area (Å²) in [7, 11) is 1.65. The number of carbonyl (C=O) groups excluding carboxylic acids is 3. The van der Waals surface area contributed by atoms with Crippen LogP contribution in [-0.2, 0) is 21.4 Å². The molecule has 0 spiro atoms. The van der Waals surface area contributed by atoms with Crippen LogP contribution in [0.3, 0.4) is 0 Å². The Balaban J connectivity index is 1.34. The minimum atomic E-state index is -1.34. The van der Waals surface area contributed by atoms with Gasteiger partial charge in [0.2, 0.25) is 11.1 Å². The quantitative estimate of drug-likeness (QED) is 0.159. The number of carboxylic acid groups (broad SMARTS) is 1. The lowest BCUT2D eigenvalue weighted by Crippen LogP contribution is -2.71. The number of hydrogen-bond donors (Lipinski definition) is 5. The molecule has 5 rings (SSSR count). The minimum absolute atomic E-state index is 0.0694. The summed E-state index contributed by atoms with van der Waals surface area (Å²) in [5.74, 6) is -3.02. The van der Waals surface area contributed by atoms with Crippen molar-refractivity contribution in [3.05, 3.63) is 74.8 Å². The molecule has 2 aliphatic rings. The molecule has 42 heavy (non-hydrogen) atoms. The predicted molar refractivity (Wildman–Crippen MR) is 149 cm³/mol. The number of carboxylic acids is 1. The Bertz CT molecular complexity index is 1670. The molecule has 3 atom stereocenters. The van der Waals surface area contributed by atoms with Gasteiger partial charge in [-0.2, -0.15) is 0 Å². The number of phenols is 1. The van der Waals surface area contributed by atoms with E-state index in [-0.39, 0.29) is 34.1 Å². The maximum absolute atomic E-state index is 13.5. The molecule has 1 fully saturated rings. The fourth-order valence-electron chi connectivity index (χ4n) is 4.45. The van der Waals surface area contributed by atoms with E-state index in [1.54, 1.807) is 14.0 Å². The summed E-state index contributed by atoms with van der Waals surface area (Å²) in [6.45, 7) is 1.65. The molecule has 0 aliphatic carbocycles. The lowest BCUT2D eigenvalue weighted by molar-refractivity contribution is -0.151. The molecule has 218 valence electrons. The minimum Gasteiger partial charge on any atom is -0.508 e. The van der Waals surface area contributed by atoms with Crippen molar-refractivity contribution in [2.75, 3.05) is 11.5 Å². The zero-order chi connectivity index (χ0) is 30.1. The number of thioether (sulfide) groups is 2. The smallest absolute Gasteiger partial charge is 0.352 e. The highest BCUT2D eigenvalue weighted by atomic mass is 32.2. The van der Waals surface area contributed by atoms with Crippen LogP contribution in [0.25, 0.3) is 0 Å². The molecule has 2 aromatic heterocycles. The molecule has 0 bridgehead atoms. The number of H-pyrrole nitrogens is 1. The van der Waals surface area contributed by atoms with Gasteiger partial charge in [-0.3, -0.25) is 24.1 Å². The second-order valence-electron chi connectivity index (χ2n) is 9.42. The normalized spacial score (nSPS) is 18.6. The van der Waals surface area contributed by atoms with Crippen molar-refractivity contribution >= 4 is 47.2 Å². The second kappa shape index (κ2) is 11.7. The van der Waals surface area contributed by atoms with Crippen LogP contribution in [0.2, 0.25) is 0 Å². The molecular formula is C25H24N8O7S2. The number of pyridine rings is 1. The molecule has 15 nitrogen and oxygen atoms in total. The van der Waals surface area contributed by atoms with Gasteiger partial charge in [0.15, 0.2) is 5.43 Å². The third-order valence-corrected chi connectivity index (χ3v) is 9.01. The van der Waals surface area contributed by atoms with E-state index in [2.05, 4.69) is 31.1 Å². The first kappa shape index (κ1) is 28.9. The van der Waals surface area contributed by atoms with Gasteiger partial charge in [0, 0.05) is 36.5 Å². The summed E-state index contributed by atoms with van der Waals surface area (Å²) in [5.41, 5.74) is 0.417. The van der Waals surface area contributed by atoms with Crippen molar-refractivity contribution in [1.82, 2.24) is 40.7 Å². The lowest BCUT2D eigenvalue weighted by atomic mass is 10.0. The number of amides is 3. The average molecular weight is 613 g/mol. The van der Waals surface area contributed by atoms with E-state index < -0.39 is 46.6 Å². The number of nitrogens with one attached hydrogen (secondary N) is 3. The number of carbonyl (C=O) groups is 4. The molecule has 0 radical (unpaired) electrons. The fourth-order valence-corrected chi connectivity index (χ4v) is 6.79. The van der Waals surface area contributed by atoms with Crippen LogP contribution in [0.1, 0.15) is 27.7 Å². The number of aliphatic carboxylic acids is 1. The Morgan fingerprint density at radius 1 is 1.24 bits per heavy atom. The first-order chi connectivity index (χ1) is 20.0. The van der Waals surface area contributed by atoms with E-state index in [9.17, 15) is 34.2 Å². The van der Waals surface area contributed by atoms with E-state index >= 15 is 0 Å². The average Bonchev–Trinajstić information content (AvgIpc) is 3.37. The number of aromatic hydroxyl groups is 1. The highest BCUT2D eigenvalue weighted by Crippen LogP contribution is 2.41. The van der Waals surface area contributed by atoms with Crippen LogP contribution < -0.4 is 16.1 Å². The third-order valence-electron chi connectivity index (χ3n) is 6.57. The number of fused-ring (bicyclic) bond motifs is 1. The third kappa shape index (κ3) is 5.60. The number of benzene rings is 1. The SMILES string of the molecule is Cc1cc(=O)c(C(=O)N[C@@H](C(=O)N[C@@H]2C(=O)N3C(C(=O)O)=C(CSc4nnnn4C)CSC23)c2ccc(O)cc2)c[nH]1. The number of hydrogen-bond acceptors (Lipinski definition) is 11. The van der Waals surface area contributed by atoms with Crippen LogP contribution in [0.15, 0.2) is 57.7 Å². The number of tetrazole rings is 1. The number of rotatable bonds is 9. The largest absolute Gasteiger partial charge is 0.508 e. The zero-order valence-electron chi connectivity index (χ0n) is 22.1. The number of phenolic OH excluding ortho intramolecular Hbond substituents is 1. The Hall–Kier alpha value is -4.64. The highest BCUT2D eigenvalue weighted by Gasteiger charge is 2.54. The maximum atomic E-state index is 13.5. The maximum Gasteiger partial charge on any atom is 0.352 e.